The molecule has 0 fully saturated rings. The van der Waals surface area contributed by atoms with Crippen LogP contribution in [0.3, 0.4) is 0 Å². The number of para-hydroxylation sites is 1. The maximum Gasteiger partial charge on any atom is 0.306 e. The minimum absolute atomic E-state index is 0.193. The molecule has 0 N–H and O–H groups in total. The SMILES string of the molecule is C[C@@H](OC(=O)CCc1nc2ccccc2s1)C(=O)c1ccc(Cl)cc1. The van der Waals surface area contributed by atoms with Crippen LogP contribution in [0.1, 0.15) is 28.7 Å². The molecule has 0 aliphatic rings. The molecule has 128 valence electrons. The number of carbonyl (C=O) groups excluding carboxylic acids is 2. The fraction of sp³-hybridized carbons (Fsp3) is 0.211. The number of hydrogen-bond acceptors (Lipinski definition) is 5. The standard InChI is InChI=1S/C19H16ClNO3S/c1-12(19(23)13-6-8-14(20)9-7-13)24-18(22)11-10-17-21-15-4-2-3-5-16(15)25-17/h2-9,12H,10-11H2,1H3/t12-/m1/s1. The number of benzene rings is 2. The van der Waals surface area contributed by atoms with Gasteiger partial charge < -0.3 is 4.74 Å². The third-order valence-corrected chi connectivity index (χ3v) is 5.04. The number of rotatable bonds is 6. The third kappa shape index (κ3) is 4.44. The normalized spacial score (nSPS) is 12.1. The molecule has 0 saturated carbocycles. The van der Waals surface area contributed by atoms with Crippen LogP contribution in [-0.4, -0.2) is 22.8 Å². The molecule has 25 heavy (non-hydrogen) atoms. The van der Waals surface area contributed by atoms with Gasteiger partial charge in [-0.05, 0) is 43.3 Å². The summed E-state index contributed by atoms with van der Waals surface area (Å²) in [6.45, 7) is 1.58. The van der Waals surface area contributed by atoms with Crippen LogP contribution in [0.25, 0.3) is 10.2 Å². The fourth-order valence-electron chi connectivity index (χ4n) is 2.39. The molecule has 0 bridgehead atoms. The van der Waals surface area contributed by atoms with Crippen molar-refractivity contribution in [1.82, 2.24) is 4.98 Å². The summed E-state index contributed by atoms with van der Waals surface area (Å²) in [5, 5.41) is 1.44. The van der Waals surface area contributed by atoms with Gasteiger partial charge in [-0.1, -0.05) is 23.7 Å². The molecule has 6 heteroatoms. The minimum atomic E-state index is -0.830. The van der Waals surface area contributed by atoms with E-state index < -0.39 is 12.1 Å². The molecule has 0 spiro atoms. The Morgan fingerprint density at radius 3 is 2.60 bits per heavy atom. The van der Waals surface area contributed by atoms with Crippen LogP contribution < -0.4 is 0 Å². The monoisotopic (exact) mass is 373 g/mol. The molecule has 0 unspecified atom stereocenters. The van der Waals surface area contributed by atoms with Gasteiger partial charge >= 0.3 is 5.97 Å². The number of hydrogen-bond donors (Lipinski definition) is 0. The van der Waals surface area contributed by atoms with Gasteiger partial charge in [0.2, 0.25) is 5.78 Å². The number of carbonyl (C=O) groups is 2. The summed E-state index contributed by atoms with van der Waals surface area (Å²) in [5.74, 6) is -0.654. The molecule has 0 radical (unpaired) electrons. The molecular formula is C19H16ClNO3S. The van der Waals surface area contributed by atoms with Crippen molar-refractivity contribution < 1.29 is 14.3 Å². The van der Waals surface area contributed by atoms with E-state index in [0.29, 0.717) is 17.0 Å². The number of aryl methyl sites for hydroxylation is 1. The van der Waals surface area contributed by atoms with Crippen molar-refractivity contribution in [2.75, 3.05) is 0 Å². The summed E-state index contributed by atoms with van der Waals surface area (Å²) < 4.78 is 6.34. The highest BCUT2D eigenvalue weighted by atomic mass is 35.5. The van der Waals surface area contributed by atoms with Crippen molar-refractivity contribution in [2.45, 2.75) is 25.9 Å². The van der Waals surface area contributed by atoms with Gasteiger partial charge in [-0.25, -0.2) is 4.98 Å². The van der Waals surface area contributed by atoms with E-state index in [1.165, 1.54) is 0 Å². The van der Waals surface area contributed by atoms with Crippen LogP contribution in [0.2, 0.25) is 5.02 Å². The molecule has 2 aromatic carbocycles. The van der Waals surface area contributed by atoms with Crippen LogP contribution in [0, 0.1) is 0 Å². The first-order chi connectivity index (χ1) is 12.0. The van der Waals surface area contributed by atoms with Crippen molar-refractivity contribution in [1.29, 1.82) is 0 Å². The maximum absolute atomic E-state index is 12.3. The van der Waals surface area contributed by atoms with E-state index >= 15 is 0 Å². The zero-order valence-electron chi connectivity index (χ0n) is 13.6. The number of ketones is 1. The van der Waals surface area contributed by atoms with Crippen molar-refractivity contribution in [3.05, 3.63) is 64.1 Å². The number of halogens is 1. The Balaban J connectivity index is 1.54. The highest BCUT2D eigenvalue weighted by molar-refractivity contribution is 7.18. The quantitative estimate of drug-likeness (QED) is 0.464. The minimum Gasteiger partial charge on any atom is -0.454 e. The zero-order valence-corrected chi connectivity index (χ0v) is 15.1. The zero-order chi connectivity index (χ0) is 17.8. The summed E-state index contributed by atoms with van der Waals surface area (Å²) in [6, 6.07) is 14.4. The summed E-state index contributed by atoms with van der Waals surface area (Å²) in [5.41, 5.74) is 1.40. The van der Waals surface area contributed by atoms with E-state index in [0.717, 1.165) is 15.2 Å². The maximum atomic E-state index is 12.3. The van der Waals surface area contributed by atoms with E-state index in [2.05, 4.69) is 4.98 Å². The van der Waals surface area contributed by atoms with Gasteiger partial charge in [0.05, 0.1) is 21.6 Å². The molecule has 3 rings (SSSR count). The number of fused-ring (bicyclic) bond motifs is 1. The number of thiazole rings is 1. The molecule has 0 amide bonds. The lowest BCUT2D eigenvalue weighted by Crippen LogP contribution is -2.24. The number of esters is 1. The summed E-state index contributed by atoms with van der Waals surface area (Å²) in [4.78, 5) is 28.8. The van der Waals surface area contributed by atoms with E-state index in [4.69, 9.17) is 16.3 Å². The van der Waals surface area contributed by atoms with E-state index in [9.17, 15) is 9.59 Å². The lowest BCUT2D eigenvalue weighted by Gasteiger charge is -2.12. The number of nitrogens with zero attached hydrogens (tertiary/aromatic N) is 1. The highest BCUT2D eigenvalue weighted by Crippen LogP contribution is 2.22. The Morgan fingerprint density at radius 1 is 1.16 bits per heavy atom. The Kier molecular flexibility index (Phi) is 5.46. The third-order valence-electron chi connectivity index (χ3n) is 3.69. The van der Waals surface area contributed by atoms with Gasteiger partial charge in [-0.15, -0.1) is 11.3 Å². The topological polar surface area (TPSA) is 56.3 Å². The fourth-order valence-corrected chi connectivity index (χ4v) is 3.49. The summed E-state index contributed by atoms with van der Waals surface area (Å²) >= 11 is 7.37. The van der Waals surface area contributed by atoms with Gasteiger partial charge in [0.25, 0.3) is 0 Å². The predicted octanol–water partition coefficient (Wildman–Crippen LogP) is 4.70. The summed E-state index contributed by atoms with van der Waals surface area (Å²) in [7, 11) is 0. The van der Waals surface area contributed by atoms with Crippen molar-refractivity contribution >= 4 is 44.9 Å². The van der Waals surface area contributed by atoms with E-state index in [1.54, 1.807) is 42.5 Å². The van der Waals surface area contributed by atoms with Crippen LogP contribution in [0.15, 0.2) is 48.5 Å². The first kappa shape index (κ1) is 17.6. The molecule has 3 aromatic rings. The molecule has 4 nitrogen and oxygen atoms in total. The van der Waals surface area contributed by atoms with Gasteiger partial charge in [0.1, 0.15) is 0 Å². The largest absolute Gasteiger partial charge is 0.454 e. The van der Waals surface area contributed by atoms with Crippen LogP contribution in [0.4, 0.5) is 0 Å². The van der Waals surface area contributed by atoms with E-state index in [1.807, 2.05) is 24.3 Å². The lowest BCUT2D eigenvalue weighted by molar-refractivity contribution is -0.146. The number of ether oxygens (including phenoxy) is 1. The van der Waals surface area contributed by atoms with Crippen LogP contribution in [-0.2, 0) is 16.0 Å². The number of aromatic nitrogens is 1. The molecular weight excluding hydrogens is 358 g/mol. The first-order valence-corrected chi connectivity index (χ1v) is 9.06. The van der Waals surface area contributed by atoms with Crippen LogP contribution in [0.5, 0.6) is 0 Å². The van der Waals surface area contributed by atoms with Gasteiger partial charge in [-0.3, -0.25) is 9.59 Å². The second-order valence-electron chi connectivity index (χ2n) is 5.58. The highest BCUT2D eigenvalue weighted by Gasteiger charge is 2.19. The predicted molar refractivity (Wildman–Crippen MR) is 99.3 cm³/mol. The molecule has 1 aromatic heterocycles. The Bertz CT molecular complexity index is 871. The van der Waals surface area contributed by atoms with Gasteiger partial charge in [0.15, 0.2) is 6.10 Å². The second kappa shape index (κ2) is 7.76. The Morgan fingerprint density at radius 2 is 1.88 bits per heavy atom. The van der Waals surface area contributed by atoms with E-state index in [-0.39, 0.29) is 12.2 Å². The smallest absolute Gasteiger partial charge is 0.306 e. The van der Waals surface area contributed by atoms with Gasteiger partial charge in [-0.2, -0.15) is 0 Å². The molecule has 1 atom stereocenters. The second-order valence-corrected chi connectivity index (χ2v) is 7.13. The molecule has 1 heterocycles. The first-order valence-electron chi connectivity index (χ1n) is 7.86. The molecule has 0 saturated heterocycles. The van der Waals surface area contributed by atoms with Crippen molar-refractivity contribution in [3.63, 3.8) is 0 Å². The lowest BCUT2D eigenvalue weighted by atomic mass is 10.1. The summed E-state index contributed by atoms with van der Waals surface area (Å²) in [6.07, 6.45) is -0.137. The number of Topliss-reactive ketones (excluding diaryl/α,β-unsaturated/α-hetero) is 1. The van der Waals surface area contributed by atoms with Gasteiger partial charge in [0, 0.05) is 17.0 Å². The average molecular weight is 374 g/mol. The molecule has 0 aliphatic heterocycles. The molecule has 0 aliphatic carbocycles. The average Bonchev–Trinajstić information content (AvgIpc) is 3.03. The van der Waals surface area contributed by atoms with Crippen molar-refractivity contribution in [2.24, 2.45) is 0 Å². The Hall–Kier alpha value is -2.24. The van der Waals surface area contributed by atoms with Crippen LogP contribution >= 0.6 is 22.9 Å². The van der Waals surface area contributed by atoms with Crippen molar-refractivity contribution in [3.8, 4) is 0 Å². The Labute approximate surface area is 154 Å².